The maximum absolute atomic E-state index is 10.8. The number of amides is 1. The van der Waals surface area contributed by atoms with Crippen LogP contribution in [0.2, 0.25) is 0 Å². The molecule has 0 saturated heterocycles. The molecule has 1 aromatic carbocycles. The Balaban J connectivity index is 0.000000980. The van der Waals surface area contributed by atoms with Gasteiger partial charge >= 0.3 is 0 Å². The van der Waals surface area contributed by atoms with Crippen LogP contribution >= 0.6 is 12.4 Å². The van der Waals surface area contributed by atoms with Crippen LogP contribution in [0.15, 0.2) is 29.3 Å². The number of nitrogens with zero attached hydrogens (tertiary/aromatic N) is 1. The number of hydrogen-bond acceptors (Lipinski definition) is 3. The summed E-state index contributed by atoms with van der Waals surface area (Å²) in [4.78, 5) is 14.8. The largest absolute Gasteiger partial charge is 0.366 e. The molecule has 3 N–H and O–H groups in total. The quantitative estimate of drug-likeness (QED) is 0.721. The molecule has 1 unspecified atom stereocenters. The number of hydrogen-bond donors (Lipinski definition) is 2. The van der Waals surface area contributed by atoms with E-state index in [1.54, 1.807) is 6.21 Å². The van der Waals surface area contributed by atoms with Gasteiger partial charge in [-0.1, -0.05) is 18.2 Å². The van der Waals surface area contributed by atoms with E-state index < -0.39 is 12.1 Å². The Morgan fingerprint density at radius 2 is 2.14 bits per heavy atom. The van der Waals surface area contributed by atoms with Gasteiger partial charge in [0, 0.05) is 17.5 Å². The maximum atomic E-state index is 10.8. The van der Waals surface area contributed by atoms with Crippen LogP contribution in [0.1, 0.15) is 5.56 Å². The molecule has 2 rings (SSSR count). The van der Waals surface area contributed by atoms with Crippen molar-refractivity contribution in [2.75, 3.05) is 5.32 Å². The third-order valence-corrected chi connectivity index (χ3v) is 1.89. The number of nitrogens with one attached hydrogen (secondary N) is 1. The third-order valence-electron chi connectivity index (χ3n) is 1.89. The van der Waals surface area contributed by atoms with E-state index in [9.17, 15) is 4.79 Å². The summed E-state index contributed by atoms with van der Waals surface area (Å²) in [5.74, 6) is -0.467. The SMILES string of the molecule is Cl.NC(=O)C1N=Cc2ccccc2N1. The zero-order valence-electron chi connectivity index (χ0n) is 7.31. The highest BCUT2D eigenvalue weighted by atomic mass is 35.5. The van der Waals surface area contributed by atoms with Crippen molar-refractivity contribution in [3.63, 3.8) is 0 Å². The highest BCUT2D eigenvalue weighted by molar-refractivity contribution is 5.95. The minimum absolute atomic E-state index is 0. The second-order valence-electron chi connectivity index (χ2n) is 2.81. The fourth-order valence-electron chi connectivity index (χ4n) is 1.23. The highest BCUT2D eigenvalue weighted by Gasteiger charge is 2.17. The smallest absolute Gasteiger partial charge is 0.262 e. The minimum atomic E-state index is -0.630. The molecule has 1 amide bonds. The first-order chi connectivity index (χ1) is 6.27. The van der Waals surface area contributed by atoms with Gasteiger partial charge in [0.25, 0.3) is 5.91 Å². The molecule has 1 atom stereocenters. The fraction of sp³-hybridized carbons (Fsp3) is 0.111. The van der Waals surface area contributed by atoms with Crippen molar-refractivity contribution in [2.45, 2.75) is 6.17 Å². The lowest BCUT2D eigenvalue weighted by Crippen LogP contribution is -2.35. The summed E-state index contributed by atoms with van der Waals surface area (Å²) in [5.41, 5.74) is 6.97. The molecule has 1 aliphatic rings. The highest BCUT2D eigenvalue weighted by Crippen LogP contribution is 2.17. The van der Waals surface area contributed by atoms with E-state index >= 15 is 0 Å². The average Bonchev–Trinajstić information content (AvgIpc) is 2.17. The lowest BCUT2D eigenvalue weighted by Gasteiger charge is -2.18. The van der Waals surface area contributed by atoms with Gasteiger partial charge in [-0.05, 0) is 6.07 Å². The molecule has 0 saturated carbocycles. The fourth-order valence-corrected chi connectivity index (χ4v) is 1.23. The van der Waals surface area contributed by atoms with Gasteiger partial charge in [-0.3, -0.25) is 9.79 Å². The Bertz CT molecular complexity index is 378. The van der Waals surface area contributed by atoms with E-state index in [0.29, 0.717) is 0 Å². The van der Waals surface area contributed by atoms with Gasteiger partial charge in [-0.2, -0.15) is 0 Å². The van der Waals surface area contributed by atoms with Gasteiger partial charge in [-0.15, -0.1) is 12.4 Å². The number of aliphatic imine (C=N–C) groups is 1. The van der Waals surface area contributed by atoms with Crippen molar-refractivity contribution in [2.24, 2.45) is 10.7 Å². The minimum Gasteiger partial charge on any atom is -0.366 e. The normalized spacial score (nSPS) is 17.6. The van der Waals surface area contributed by atoms with Crippen LogP contribution in [0.3, 0.4) is 0 Å². The molecule has 4 nitrogen and oxygen atoms in total. The summed E-state index contributed by atoms with van der Waals surface area (Å²) in [5, 5.41) is 2.92. The molecule has 74 valence electrons. The first-order valence-corrected chi connectivity index (χ1v) is 3.95. The van der Waals surface area contributed by atoms with Crippen molar-refractivity contribution in [1.82, 2.24) is 0 Å². The first-order valence-electron chi connectivity index (χ1n) is 3.95. The standard InChI is InChI=1S/C9H9N3O.ClH/c10-8(13)9-11-5-6-3-1-2-4-7(6)12-9;/h1-5,9,12H,(H2,10,13);1H. The molecule has 0 fully saturated rings. The number of rotatable bonds is 1. The lowest BCUT2D eigenvalue weighted by molar-refractivity contribution is -0.118. The third kappa shape index (κ3) is 1.85. The second-order valence-corrected chi connectivity index (χ2v) is 2.81. The number of halogens is 1. The number of anilines is 1. The number of fused-ring (bicyclic) bond motifs is 1. The number of para-hydroxylation sites is 1. The lowest BCUT2D eigenvalue weighted by atomic mass is 10.1. The number of carbonyl (C=O) groups excluding carboxylic acids is 1. The van der Waals surface area contributed by atoms with Crippen LogP contribution in [-0.4, -0.2) is 18.3 Å². The average molecular weight is 212 g/mol. The van der Waals surface area contributed by atoms with Gasteiger partial charge in [0.1, 0.15) is 0 Å². The summed E-state index contributed by atoms with van der Waals surface area (Å²) >= 11 is 0. The van der Waals surface area contributed by atoms with Gasteiger partial charge in [0.2, 0.25) is 0 Å². The predicted molar refractivity (Wildman–Crippen MR) is 57.9 cm³/mol. The molecule has 1 aromatic rings. The monoisotopic (exact) mass is 211 g/mol. The van der Waals surface area contributed by atoms with Gasteiger partial charge in [0.15, 0.2) is 6.17 Å². The number of nitrogens with two attached hydrogens (primary N) is 1. The topological polar surface area (TPSA) is 67.5 Å². The van der Waals surface area contributed by atoms with E-state index in [-0.39, 0.29) is 12.4 Å². The van der Waals surface area contributed by atoms with Crippen LogP contribution in [-0.2, 0) is 4.79 Å². The Morgan fingerprint density at radius 3 is 2.86 bits per heavy atom. The van der Waals surface area contributed by atoms with Crippen molar-refractivity contribution in [3.8, 4) is 0 Å². The molecule has 0 radical (unpaired) electrons. The van der Waals surface area contributed by atoms with E-state index in [0.717, 1.165) is 11.3 Å². The summed E-state index contributed by atoms with van der Waals surface area (Å²) in [6.07, 6.45) is 1.02. The Kier molecular flexibility index (Phi) is 3.09. The Morgan fingerprint density at radius 1 is 1.43 bits per heavy atom. The van der Waals surface area contributed by atoms with Gasteiger partial charge < -0.3 is 11.1 Å². The predicted octanol–water partition coefficient (Wildman–Crippen LogP) is 0.764. The van der Waals surface area contributed by atoms with Crippen molar-refractivity contribution in [3.05, 3.63) is 29.8 Å². The Hall–Kier alpha value is -1.55. The molecule has 0 bridgehead atoms. The maximum Gasteiger partial charge on any atom is 0.262 e. The van der Waals surface area contributed by atoms with E-state index in [1.807, 2.05) is 24.3 Å². The summed E-state index contributed by atoms with van der Waals surface area (Å²) in [6.45, 7) is 0. The van der Waals surface area contributed by atoms with Gasteiger partial charge in [0.05, 0.1) is 0 Å². The molecular weight excluding hydrogens is 202 g/mol. The molecule has 1 aliphatic heterocycles. The second kappa shape index (κ2) is 4.11. The summed E-state index contributed by atoms with van der Waals surface area (Å²) in [7, 11) is 0. The molecule has 14 heavy (non-hydrogen) atoms. The van der Waals surface area contributed by atoms with E-state index in [4.69, 9.17) is 5.73 Å². The van der Waals surface area contributed by atoms with Crippen LogP contribution < -0.4 is 11.1 Å². The van der Waals surface area contributed by atoms with Crippen LogP contribution in [0.25, 0.3) is 0 Å². The number of carbonyl (C=O) groups is 1. The number of benzene rings is 1. The van der Waals surface area contributed by atoms with Crippen LogP contribution in [0.5, 0.6) is 0 Å². The van der Waals surface area contributed by atoms with Crippen molar-refractivity contribution >= 4 is 30.2 Å². The van der Waals surface area contributed by atoms with Crippen LogP contribution in [0, 0.1) is 0 Å². The summed E-state index contributed by atoms with van der Waals surface area (Å²) < 4.78 is 0. The molecular formula is C9H10ClN3O. The molecule has 0 aromatic heterocycles. The Labute approximate surface area is 87.6 Å². The van der Waals surface area contributed by atoms with E-state index in [1.165, 1.54) is 0 Å². The number of primary amides is 1. The molecule has 5 heteroatoms. The molecule has 1 heterocycles. The van der Waals surface area contributed by atoms with Crippen LogP contribution in [0.4, 0.5) is 5.69 Å². The zero-order chi connectivity index (χ0) is 9.26. The van der Waals surface area contributed by atoms with Crippen molar-refractivity contribution < 1.29 is 4.79 Å². The van der Waals surface area contributed by atoms with Gasteiger partial charge in [-0.25, -0.2) is 0 Å². The zero-order valence-corrected chi connectivity index (χ0v) is 8.12. The first kappa shape index (κ1) is 10.5. The van der Waals surface area contributed by atoms with Crippen molar-refractivity contribution in [1.29, 1.82) is 0 Å². The molecule has 0 aliphatic carbocycles. The van der Waals surface area contributed by atoms with E-state index in [2.05, 4.69) is 10.3 Å². The molecule has 0 spiro atoms. The summed E-state index contributed by atoms with van der Waals surface area (Å²) in [6, 6.07) is 7.61.